The van der Waals surface area contributed by atoms with Gasteiger partial charge in [0.25, 0.3) is 0 Å². The number of aryl methyl sites for hydroxylation is 2. The number of nitrogens with zero attached hydrogens (tertiary/aromatic N) is 5. The third kappa shape index (κ3) is 8.59. The Morgan fingerprint density at radius 1 is 1.08 bits per heavy atom. The molecule has 272 valence electrons. The molecule has 4 aromatic rings. The Labute approximate surface area is 308 Å². The summed E-state index contributed by atoms with van der Waals surface area (Å²) in [7, 11) is 0. The van der Waals surface area contributed by atoms with Crippen molar-refractivity contribution in [3.63, 3.8) is 0 Å². The molecular formula is C41H53ClN6O3. The van der Waals surface area contributed by atoms with Crippen molar-refractivity contribution in [3.8, 4) is 11.1 Å². The van der Waals surface area contributed by atoms with Crippen molar-refractivity contribution in [2.24, 2.45) is 5.41 Å². The van der Waals surface area contributed by atoms with E-state index < -0.39 is 17.7 Å². The summed E-state index contributed by atoms with van der Waals surface area (Å²) in [6.07, 6.45) is 5.45. The number of fused-ring (bicyclic) bond motifs is 1. The number of hydrogen-bond donors (Lipinski definition) is 2. The van der Waals surface area contributed by atoms with Gasteiger partial charge in [-0.25, -0.2) is 9.78 Å². The molecule has 0 spiro atoms. The van der Waals surface area contributed by atoms with Gasteiger partial charge in [-0.05, 0) is 99.2 Å². The molecule has 10 heteroatoms. The lowest BCUT2D eigenvalue weighted by Gasteiger charge is -2.41. The number of rotatable bonds is 11. The minimum Gasteiger partial charge on any atom is -0.479 e. The number of pyridine rings is 1. The highest BCUT2D eigenvalue weighted by atomic mass is 35.5. The van der Waals surface area contributed by atoms with Crippen molar-refractivity contribution in [1.82, 2.24) is 19.7 Å². The SMILES string of the molecule is Cc1cccc(Cl)c1CN1CCc2cc(-c3c(NCCn4cccn4)nc(C)c([C@H](OC(C)(C)C)C(=O)O)c3N3CCC(C)(C)CC3)ccc2C1. The lowest BCUT2D eigenvalue weighted by Crippen LogP contribution is -2.39. The van der Waals surface area contributed by atoms with Gasteiger partial charge in [-0.15, -0.1) is 0 Å². The highest BCUT2D eigenvalue weighted by molar-refractivity contribution is 6.31. The number of halogens is 1. The van der Waals surface area contributed by atoms with E-state index in [1.54, 1.807) is 6.20 Å². The van der Waals surface area contributed by atoms with Crippen LogP contribution in [0.5, 0.6) is 0 Å². The fourth-order valence-corrected chi connectivity index (χ4v) is 7.66. The maximum Gasteiger partial charge on any atom is 0.337 e. The van der Waals surface area contributed by atoms with E-state index in [2.05, 4.69) is 65.3 Å². The quantitative estimate of drug-likeness (QED) is 0.160. The summed E-state index contributed by atoms with van der Waals surface area (Å²) in [5, 5.41) is 19.6. The Balaban J connectivity index is 1.46. The maximum absolute atomic E-state index is 13.1. The second-order valence-electron chi connectivity index (χ2n) is 16.0. The normalized spacial score (nSPS) is 16.9. The number of aliphatic carboxylic acids is 1. The standard InChI is InChI=1S/C41H53ClN6O3/c1-27-10-8-11-33(42)32(27)26-46-20-14-29-24-30(12-13-31(29)25-46)35-36(47-21-15-41(6,7)16-22-47)34(37(39(49)50)51-40(3,4)5)28(2)45-38(35)43-18-23-48-19-9-17-44-48/h8-13,17,19,24,37H,14-16,18,20-23,25-26H2,1-7H3,(H,43,45)(H,49,50)/t37-/m0/s1. The van der Waals surface area contributed by atoms with Gasteiger partial charge in [0.1, 0.15) is 5.82 Å². The molecule has 6 rings (SSSR count). The summed E-state index contributed by atoms with van der Waals surface area (Å²) < 4.78 is 8.25. The molecular weight excluding hydrogens is 660 g/mol. The molecule has 0 bridgehead atoms. The molecule has 0 unspecified atom stereocenters. The third-order valence-corrected chi connectivity index (χ3v) is 10.7. The number of carboxylic acid groups (broad SMARTS) is 1. The predicted molar refractivity (Wildman–Crippen MR) is 206 cm³/mol. The van der Waals surface area contributed by atoms with Crippen molar-refractivity contribution in [2.75, 3.05) is 36.4 Å². The van der Waals surface area contributed by atoms with E-state index in [4.69, 9.17) is 21.3 Å². The first-order valence-electron chi connectivity index (χ1n) is 18.2. The number of nitrogens with one attached hydrogen (secondary N) is 1. The molecule has 2 aromatic heterocycles. The van der Waals surface area contributed by atoms with E-state index >= 15 is 0 Å². The molecule has 1 saturated heterocycles. The zero-order valence-electron chi connectivity index (χ0n) is 31.2. The molecule has 2 aromatic carbocycles. The van der Waals surface area contributed by atoms with Crippen LogP contribution in [-0.4, -0.2) is 62.5 Å². The fourth-order valence-electron chi connectivity index (χ4n) is 7.38. The molecule has 2 aliphatic rings. The van der Waals surface area contributed by atoms with Crippen molar-refractivity contribution >= 4 is 29.1 Å². The molecule has 9 nitrogen and oxygen atoms in total. The van der Waals surface area contributed by atoms with Crippen molar-refractivity contribution < 1.29 is 14.6 Å². The Morgan fingerprint density at radius 3 is 2.51 bits per heavy atom. The zero-order chi connectivity index (χ0) is 36.5. The average molecular weight is 713 g/mol. The third-order valence-electron chi connectivity index (χ3n) is 10.3. The lowest BCUT2D eigenvalue weighted by molar-refractivity contribution is -0.160. The fraction of sp³-hybridized carbons (Fsp3) is 0.488. The van der Waals surface area contributed by atoms with E-state index in [-0.39, 0.29) is 5.41 Å². The van der Waals surface area contributed by atoms with Crippen LogP contribution in [0.3, 0.4) is 0 Å². The second kappa shape index (κ2) is 15.0. The largest absolute Gasteiger partial charge is 0.479 e. The van der Waals surface area contributed by atoms with Gasteiger partial charge < -0.3 is 20.1 Å². The Hall–Kier alpha value is -3.92. The number of piperidine rings is 1. The first-order valence-corrected chi connectivity index (χ1v) is 18.6. The van der Waals surface area contributed by atoms with E-state index in [0.717, 1.165) is 79.6 Å². The molecule has 2 N–H and O–H groups in total. The number of carboxylic acids is 1. The van der Waals surface area contributed by atoms with E-state index in [1.807, 2.05) is 56.8 Å². The number of hydrogen-bond acceptors (Lipinski definition) is 7. The molecule has 0 amide bonds. The van der Waals surface area contributed by atoms with Crippen LogP contribution in [0.25, 0.3) is 11.1 Å². The molecule has 1 atom stereocenters. The predicted octanol–water partition coefficient (Wildman–Crippen LogP) is 8.45. The number of ether oxygens (including phenoxy) is 1. The van der Waals surface area contributed by atoms with Gasteiger partial charge in [0.05, 0.1) is 17.8 Å². The van der Waals surface area contributed by atoms with Gasteiger partial charge in [0, 0.05) is 73.5 Å². The smallest absolute Gasteiger partial charge is 0.337 e. The molecule has 1 fully saturated rings. The van der Waals surface area contributed by atoms with Crippen LogP contribution in [0, 0.1) is 19.3 Å². The highest BCUT2D eigenvalue weighted by Crippen LogP contribution is 2.47. The van der Waals surface area contributed by atoms with Crippen LogP contribution in [-0.2, 0) is 35.6 Å². The topological polar surface area (TPSA) is 95.8 Å². The first kappa shape index (κ1) is 36.9. The van der Waals surface area contributed by atoms with Gasteiger partial charge in [0.2, 0.25) is 0 Å². The molecule has 2 aliphatic heterocycles. The average Bonchev–Trinajstić information content (AvgIpc) is 3.58. The van der Waals surface area contributed by atoms with Crippen molar-refractivity contribution in [1.29, 1.82) is 0 Å². The summed E-state index contributed by atoms with van der Waals surface area (Å²) in [5.74, 6) is -0.271. The molecule has 0 saturated carbocycles. The van der Waals surface area contributed by atoms with Gasteiger partial charge in [-0.1, -0.05) is 55.8 Å². The van der Waals surface area contributed by atoms with Crippen LogP contribution in [0.1, 0.15) is 87.1 Å². The summed E-state index contributed by atoms with van der Waals surface area (Å²) in [6.45, 7) is 19.8. The zero-order valence-corrected chi connectivity index (χ0v) is 32.0. The summed E-state index contributed by atoms with van der Waals surface area (Å²) in [4.78, 5) is 23.1. The summed E-state index contributed by atoms with van der Waals surface area (Å²) in [5.41, 5.74) is 8.66. The van der Waals surface area contributed by atoms with E-state index in [9.17, 15) is 9.90 Å². The highest BCUT2D eigenvalue weighted by Gasteiger charge is 2.37. The van der Waals surface area contributed by atoms with Gasteiger partial charge in [0.15, 0.2) is 6.10 Å². The number of benzene rings is 2. The van der Waals surface area contributed by atoms with Crippen LogP contribution in [0.15, 0.2) is 54.9 Å². The number of aromatic nitrogens is 3. The number of carbonyl (C=O) groups is 1. The minimum atomic E-state index is -1.18. The van der Waals surface area contributed by atoms with Gasteiger partial charge >= 0.3 is 5.97 Å². The first-order chi connectivity index (χ1) is 24.2. The molecule has 51 heavy (non-hydrogen) atoms. The Morgan fingerprint density at radius 2 is 1.84 bits per heavy atom. The minimum absolute atomic E-state index is 0.206. The Bertz CT molecular complexity index is 1840. The maximum atomic E-state index is 13.1. The summed E-state index contributed by atoms with van der Waals surface area (Å²) in [6, 6.07) is 14.8. The molecule has 4 heterocycles. The van der Waals surface area contributed by atoms with Crippen LogP contribution >= 0.6 is 11.6 Å². The summed E-state index contributed by atoms with van der Waals surface area (Å²) >= 11 is 6.62. The number of anilines is 2. The van der Waals surface area contributed by atoms with E-state index in [0.29, 0.717) is 24.3 Å². The monoisotopic (exact) mass is 712 g/mol. The van der Waals surface area contributed by atoms with Gasteiger partial charge in [-0.2, -0.15) is 5.10 Å². The Kier molecular flexibility index (Phi) is 10.8. The second-order valence-corrected chi connectivity index (χ2v) is 16.4. The van der Waals surface area contributed by atoms with Crippen LogP contribution in [0.2, 0.25) is 5.02 Å². The van der Waals surface area contributed by atoms with Crippen molar-refractivity contribution in [3.05, 3.63) is 93.4 Å². The van der Waals surface area contributed by atoms with Crippen LogP contribution in [0.4, 0.5) is 11.5 Å². The van der Waals surface area contributed by atoms with Crippen LogP contribution < -0.4 is 10.2 Å². The molecule has 0 aliphatic carbocycles. The van der Waals surface area contributed by atoms with Crippen molar-refractivity contribution in [2.45, 2.75) is 99.1 Å². The molecule has 0 radical (unpaired) electrons. The van der Waals surface area contributed by atoms with E-state index in [1.165, 1.54) is 22.3 Å². The van der Waals surface area contributed by atoms with Gasteiger partial charge in [-0.3, -0.25) is 9.58 Å². The lowest BCUT2D eigenvalue weighted by atomic mass is 9.81.